The Morgan fingerprint density at radius 2 is 1.63 bits per heavy atom. The zero-order chi connectivity index (χ0) is 13.8. The van der Waals surface area contributed by atoms with Crippen molar-refractivity contribution in [2.75, 3.05) is 0 Å². The molecule has 0 fully saturated rings. The van der Waals surface area contributed by atoms with Crippen LogP contribution in [0.25, 0.3) is 0 Å². The average Bonchev–Trinajstić information content (AvgIpc) is 2.39. The summed E-state index contributed by atoms with van der Waals surface area (Å²) in [6, 6.07) is 15.4. The van der Waals surface area contributed by atoms with Crippen molar-refractivity contribution in [3.63, 3.8) is 0 Å². The van der Waals surface area contributed by atoms with Gasteiger partial charge in [0.2, 0.25) is 5.24 Å². The molecule has 0 spiro atoms. The predicted molar refractivity (Wildman–Crippen MR) is 79.9 cm³/mol. The van der Waals surface area contributed by atoms with Crippen molar-refractivity contribution in [2.24, 2.45) is 0 Å². The van der Waals surface area contributed by atoms with Gasteiger partial charge in [0.15, 0.2) is 0 Å². The molecule has 2 rings (SSSR count). The van der Waals surface area contributed by atoms with Gasteiger partial charge in [-0.15, -0.1) is 0 Å². The second kappa shape index (κ2) is 6.23. The zero-order valence-electron chi connectivity index (χ0n) is 10.6. The average molecular weight is 293 g/mol. The molecule has 0 aliphatic heterocycles. The molecular weight excluding hydrogens is 279 g/mol. The number of aryl methyl sites for hydroxylation is 1. The number of hydrogen-bond acceptors (Lipinski definition) is 1. The summed E-state index contributed by atoms with van der Waals surface area (Å²) in [6.45, 7) is 2.03. The van der Waals surface area contributed by atoms with Crippen LogP contribution in [0.4, 0.5) is 0 Å². The molecule has 0 bridgehead atoms. The number of rotatable bonds is 4. The van der Waals surface area contributed by atoms with Gasteiger partial charge in [0, 0.05) is 5.02 Å². The van der Waals surface area contributed by atoms with Gasteiger partial charge < -0.3 is 0 Å². The summed E-state index contributed by atoms with van der Waals surface area (Å²) in [5.41, 5.74) is 3.19. The Labute approximate surface area is 123 Å². The van der Waals surface area contributed by atoms with Crippen molar-refractivity contribution in [2.45, 2.75) is 19.3 Å². The first kappa shape index (κ1) is 14.1. The van der Waals surface area contributed by atoms with Crippen molar-refractivity contribution < 1.29 is 4.79 Å². The van der Waals surface area contributed by atoms with E-state index < -0.39 is 0 Å². The van der Waals surface area contributed by atoms with Crippen molar-refractivity contribution in [3.05, 3.63) is 70.2 Å². The number of carbonyl (C=O) groups is 1. The molecule has 0 aliphatic carbocycles. The fourth-order valence-electron chi connectivity index (χ4n) is 1.98. The van der Waals surface area contributed by atoms with Crippen molar-refractivity contribution >= 4 is 28.4 Å². The van der Waals surface area contributed by atoms with Crippen LogP contribution in [0.15, 0.2) is 48.5 Å². The van der Waals surface area contributed by atoms with Gasteiger partial charge in [-0.05, 0) is 48.2 Å². The van der Waals surface area contributed by atoms with Crippen LogP contribution in [0.1, 0.15) is 22.6 Å². The molecule has 1 atom stereocenters. The SMILES string of the molecule is Cc1ccc(CC(C(=O)Cl)c2ccc(Cl)cc2)cc1. The molecule has 2 aromatic rings. The maximum atomic E-state index is 11.6. The first-order valence-corrected chi connectivity index (χ1v) is 6.82. The van der Waals surface area contributed by atoms with Gasteiger partial charge in [-0.3, -0.25) is 4.79 Å². The second-order valence-electron chi connectivity index (χ2n) is 4.60. The van der Waals surface area contributed by atoms with Gasteiger partial charge in [0.1, 0.15) is 0 Å². The second-order valence-corrected chi connectivity index (χ2v) is 5.41. The Hall–Kier alpha value is -1.31. The van der Waals surface area contributed by atoms with E-state index in [0.29, 0.717) is 11.4 Å². The van der Waals surface area contributed by atoms with E-state index in [1.807, 2.05) is 43.3 Å². The normalized spacial score (nSPS) is 12.2. The van der Waals surface area contributed by atoms with Crippen LogP contribution in [0.2, 0.25) is 5.02 Å². The summed E-state index contributed by atoms with van der Waals surface area (Å²) >= 11 is 11.6. The summed E-state index contributed by atoms with van der Waals surface area (Å²) in [5, 5.41) is 0.308. The minimum atomic E-state index is -0.345. The number of carbonyl (C=O) groups excluding carboxylic acids is 1. The molecule has 0 radical (unpaired) electrons. The van der Waals surface area contributed by atoms with Crippen LogP contribution in [0.5, 0.6) is 0 Å². The third-order valence-corrected chi connectivity index (χ3v) is 3.62. The van der Waals surface area contributed by atoms with E-state index in [4.69, 9.17) is 23.2 Å². The lowest BCUT2D eigenvalue weighted by Crippen LogP contribution is -2.10. The highest BCUT2D eigenvalue weighted by molar-refractivity contribution is 6.64. The number of benzene rings is 2. The molecule has 98 valence electrons. The van der Waals surface area contributed by atoms with Gasteiger partial charge in [0.05, 0.1) is 5.92 Å². The molecule has 0 N–H and O–H groups in total. The molecule has 1 nitrogen and oxygen atoms in total. The largest absolute Gasteiger partial charge is 0.281 e. The van der Waals surface area contributed by atoms with E-state index in [-0.39, 0.29) is 11.2 Å². The molecule has 0 saturated carbocycles. The van der Waals surface area contributed by atoms with E-state index in [9.17, 15) is 4.79 Å². The molecule has 0 aromatic heterocycles. The fourth-order valence-corrected chi connectivity index (χ4v) is 2.31. The van der Waals surface area contributed by atoms with E-state index in [1.165, 1.54) is 5.56 Å². The van der Waals surface area contributed by atoms with Crippen LogP contribution in [0.3, 0.4) is 0 Å². The highest BCUT2D eigenvalue weighted by Crippen LogP contribution is 2.25. The van der Waals surface area contributed by atoms with Crippen LogP contribution in [-0.2, 0) is 11.2 Å². The topological polar surface area (TPSA) is 17.1 Å². The van der Waals surface area contributed by atoms with Crippen LogP contribution >= 0.6 is 23.2 Å². The lowest BCUT2D eigenvalue weighted by Gasteiger charge is -2.13. The highest BCUT2D eigenvalue weighted by Gasteiger charge is 2.19. The third-order valence-electron chi connectivity index (χ3n) is 3.11. The maximum absolute atomic E-state index is 11.6. The summed E-state index contributed by atoms with van der Waals surface area (Å²) in [7, 11) is 0. The molecule has 0 aliphatic rings. The van der Waals surface area contributed by atoms with Gasteiger partial charge in [-0.1, -0.05) is 53.6 Å². The Morgan fingerprint density at radius 3 is 2.16 bits per heavy atom. The van der Waals surface area contributed by atoms with Crippen molar-refractivity contribution in [1.82, 2.24) is 0 Å². The molecular formula is C16H14Cl2O. The summed E-state index contributed by atoms with van der Waals surface area (Å²) < 4.78 is 0. The molecule has 0 heterocycles. The Kier molecular flexibility index (Phi) is 4.62. The summed E-state index contributed by atoms with van der Waals surface area (Å²) in [4.78, 5) is 11.6. The van der Waals surface area contributed by atoms with Crippen molar-refractivity contribution in [1.29, 1.82) is 0 Å². The van der Waals surface area contributed by atoms with Crippen LogP contribution in [0, 0.1) is 6.92 Å². The summed E-state index contributed by atoms with van der Waals surface area (Å²) in [5.74, 6) is -0.332. The quantitative estimate of drug-likeness (QED) is 0.744. The summed E-state index contributed by atoms with van der Waals surface area (Å²) in [6.07, 6.45) is 0.601. The zero-order valence-corrected chi connectivity index (χ0v) is 12.1. The standard InChI is InChI=1S/C16H14Cl2O/c1-11-2-4-12(5-3-11)10-15(16(18)19)13-6-8-14(17)9-7-13/h2-9,15H,10H2,1H3. The third kappa shape index (κ3) is 3.82. The Morgan fingerprint density at radius 1 is 1.05 bits per heavy atom. The van der Waals surface area contributed by atoms with Gasteiger partial charge in [-0.25, -0.2) is 0 Å². The lowest BCUT2D eigenvalue weighted by atomic mass is 9.93. The molecule has 2 aromatic carbocycles. The highest BCUT2D eigenvalue weighted by atomic mass is 35.5. The first-order valence-electron chi connectivity index (χ1n) is 6.06. The van der Waals surface area contributed by atoms with E-state index in [1.54, 1.807) is 12.1 Å². The monoisotopic (exact) mass is 292 g/mol. The van der Waals surface area contributed by atoms with E-state index in [0.717, 1.165) is 11.1 Å². The smallest absolute Gasteiger partial charge is 0.229 e. The van der Waals surface area contributed by atoms with Gasteiger partial charge in [0.25, 0.3) is 0 Å². The Balaban J connectivity index is 2.23. The molecule has 0 amide bonds. The van der Waals surface area contributed by atoms with Crippen LogP contribution in [-0.4, -0.2) is 5.24 Å². The lowest BCUT2D eigenvalue weighted by molar-refractivity contribution is -0.113. The minimum absolute atomic E-state index is 0.332. The molecule has 1 unspecified atom stereocenters. The molecule has 3 heteroatoms. The maximum Gasteiger partial charge on any atom is 0.229 e. The predicted octanol–water partition coefficient (Wildman–Crippen LogP) is 4.74. The number of halogens is 2. The Bertz CT molecular complexity index is 558. The van der Waals surface area contributed by atoms with E-state index in [2.05, 4.69) is 0 Å². The van der Waals surface area contributed by atoms with Gasteiger partial charge >= 0.3 is 0 Å². The van der Waals surface area contributed by atoms with Crippen LogP contribution < -0.4 is 0 Å². The fraction of sp³-hybridized carbons (Fsp3) is 0.188. The van der Waals surface area contributed by atoms with Crippen molar-refractivity contribution in [3.8, 4) is 0 Å². The number of hydrogen-bond donors (Lipinski definition) is 0. The minimum Gasteiger partial charge on any atom is -0.281 e. The molecule has 0 saturated heterocycles. The first-order chi connectivity index (χ1) is 9.06. The van der Waals surface area contributed by atoms with Gasteiger partial charge in [-0.2, -0.15) is 0 Å². The molecule has 19 heavy (non-hydrogen) atoms. The van der Waals surface area contributed by atoms with E-state index >= 15 is 0 Å².